The summed E-state index contributed by atoms with van der Waals surface area (Å²) < 4.78 is 0. The van der Waals surface area contributed by atoms with Gasteiger partial charge in [0.15, 0.2) is 5.13 Å². The molecule has 1 atom stereocenters. The Morgan fingerprint density at radius 1 is 1.75 bits per heavy atom. The SMILES string of the molecule is CC(=O)Nc1ncc(CN2CCCC2C)s1. The second-order valence-electron chi connectivity index (χ2n) is 4.27. The van der Waals surface area contributed by atoms with E-state index in [4.69, 9.17) is 0 Å². The fourth-order valence-electron chi connectivity index (χ4n) is 2.02. The van der Waals surface area contributed by atoms with Crippen LogP contribution in [0.4, 0.5) is 5.13 Å². The van der Waals surface area contributed by atoms with Crippen molar-refractivity contribution >= 4 is 22.4 Å². The smallest absolute Gasteiger partial charge is 0.223 e. The minimum absolute atomic E-state index is 0.0598. The average Bonchev–Trinajstić information content (AvgIpc) is 2.77. The minimum atomic E-state index is -0.0598. The lowest BCUT2D eigenvalue weighted by atomic mass is 10.2. The molecule has 16 heavy (non-hydrogen) atoms. The molecule has 1 aromatic rings. The molecule has 1 N–H and O–H groups in total. The summed E-state index contributed by atoms with van der Waals surface area (Å²) in [5.41, 5.74) is 0. The van der Waals surface area contributed by atoms with Gasteiger partial charge in [-0.05, 0) is 26.3 Å². The third-order valence-electron chi connectivity index (χ3n) is 2.89. The first-order valence-electron chi connectivity index (χ1n) is 5.61. The van der Waals surface area contributed by atoms with Crippen molar-refractivity contribution in [1.29, 1.82) is 0 Å². The Morgan fingerprint density at radius 2 is 2.56 bits per heavy atom. The molecule has 5 heteroatoms. The fraction of sp³-hybridized carbons (Fsp3) is 0.636. The molecule has 1 saturated heterocycles. The summed E-state index contributed by atoms with van der Waals surface area (Å²) >= 11 is 1.57. The summed E-state index contributed by atoms with van der Waals surface area (Å²) in [5.74, 6) is -0.0598. The van der Waals surface area contributed by atoms with E-state index >= 15 is 0 Å². The summed E-state index contributed by atoms with van der Waals surface area (Å²) in [6.07, 6.45) is 4.44. The Bertz CT molecular complexity index is 377. The third kappa shape index (κ3) is 2.80. The highest BCUT2D eigenvalue weighted by Gasteiger charge is 2.20. The van der Waals surface area contributed by atoms with Gasteiger partial charge in [-0.25, -0.2) is 4.98 Å². The summed E-state index contributed by atoms with van der Waals surface area (Å²) in [5, 5.41) is 3.41. The average molecular weight is 239 g/mol. The Balaban J connectivity index is 1.94. The van der Waals surface area contributed by atoms with Crippen LogP contribution in [0.25, 0.3) is 0 Å². The lowest BCUT2D eigenvalue weighted by Crippen LogP contribution is -2.25. The van der Waals surface area contributed by atoms with E-state index in [1.807, 2.05) is 6.20 Å². The number of amides is 1. The van der Waals surface area contributed by atoms with E-state index in [0.29, 0.717) is 11.2 Å². The second-order valence-corrected chi connectivity index (χ2v) is 5.39. The number of anilines is 1. The van der Waals surface area contributed by atoms with Crippen LogP contribution in [0.1, 0.15) is 31.6 Å². The van der Waals surface area contributed by atoms with E-state index in [2.05, 4.69) is 22.1 Å². The number of nitrogens with one attached hydrogen (secondary N) is 1. The van der Waals surface area contributed by atoms with Gasteiger partial charge in [-0.1, -0.05) is 0 Å². The summed E-state index contributed by atoms with van der Waals surface area (Å²) in [7, 11) is 0. The molecular formula is C11H17N3OS. The summed E-state index contributed by atoms with van der Waals surface area (Å²) in [6, 6.07) is 0.673. The number of rotatable bonds is 3. The molecule has 0 aliphatic carbocycles. The largest absolute Gasteiger partial charge is 0.302 e. The maximum absolute atomic E-state index is 10.9. The minimum Gasteiger partial charge on any atom is -0.302 e. The van der Waals surface area contributed by atoms with Crippen molar-refractivity contribution in [3.8, 4) is 0 Å². The molecule has 0 saturated carbocycles. The molecular weight excluding hydrogens is 222 g/mol. The summed E-state index contributed by atoms with van der Waals surface area (Å²) in [6.45, 7) is 5.90. The molecule has 88 valence electrons. The van der Waals surface area contributed by atoms with Gasteiger partial charge in [0.25, 0.3) is 0 Å². The van der Waals surface area contributed by atoms with Gasteiger partial charge in [0.2, 0.25) is 5.91 Å². The van der Waals surface area contributed by atoms with Gasteiger partial charge >= 0.3 is 0 Å². The number of carbonyl (C=O) groups excluding carboxylic acids is 1. The van der Waals surface area contributed by atoms with Gasteiger partial charge in [-0.2, -0.15) is 0 Å². The molecule has 0 aromatic carbocycles. The van der Waals surface area contributed by atoms with Crippen LogP contribution in [0.2, 0.25) is 0 Å². The fourth-order valence-corrected chi connectivity index (χ4v) is 2.90. The molecule has 0 bridgehead atoms. The van der Waals surface area contributed by atoms with Crippen LogP contribution in [0.3, 0.4) is 0 Å². The van der Waals surface area contributed by atoms with Crippen molar-refractivity contribution in [2.45, 2.75) is 39.3 Å². The lowest BCUT2D eigenvalue weighted by Gasteiger charge is -2.19. The van der Waals surface area contributed by atoms with Crippen molar-refractivity contribution in [3.63, 3.8) is 0 Å². The molecule has 0 spiro atoms. The standard InChI is InChI=1S/C11H17N3OS/c1-8-4-3-5-14(8)7-10-6-12-11(16-10)13-9(2)15/h6,8H,3-5,7H2,1-2H3,(H,12,13,15). The Labute approximate surface area is 99.7 Å². The first kappa shape index (κ1) is 11.5. The molecule has 1 fully saturated rings. The number of hydrogen-bond acceptors (Lipinski definition) is 4. The maximum Gasteiger partial charge on any atom is 0.223 e. The number of aromatic nitrogens is 1. The van der Waals surface area contributed by atoms with E-state index in [9.17, 15) is 4.79 Å². The van der Waals surface area contributed by atoms with Gasteiger partial charge < -0.3 is 5.32 Å². The normalized spacial score (nSPS) is 21.2. The zero-order valence-corrected chi connectivity index (χ0v) is 10.5. The van der Waals surface area contributed by atoms with Gasteiger partial charge in [0.05, 0.1) is 0 Å². The molecule has 2 heterocycles. The molecule has 1 unspecified atom stereocenters. The monoisotopic (exact) mass is 239 g/mol. The molecule has 4 nitrogen and oxygen atoms in total. The Morgan fingerprint density at radius 3 is 3.19 bits per heavy atom. The first-order chi connectivity index (χ1) is 7.65. The molecule has 1 amide bonds. The van der Waals surface area contributed by atoms with Crippen molar-refractivity contribution in [2.75, 3.05) is 11.9 Å². The number of thiazole rings is 1. The Hall–Kier alpha value is -0.940. The van der Waals surface area contributed by atoms with Crippen LogP contribution in [0.5, 0.6) is 0 Å². The van der Waals surface area contributed by atoms with E-state index < -0.39 is 0 Å². The molecule has 1 aliphatic rings. The van der Waals surface area contributed by atoms with Gasteiger partial charge in [0.1, 0.15) is 0 Å². The third-order valence-corrected chi connectivity index (χ3v) is 3.78. The number of likely N-dealkylation sites (tertiary alicyclic amines) is 1. The lowest BCUT2D eigenvalue weighted by molar-refractivity contribution is -0.114. The number of hydrogen-bond donors (Lipinski definition) is 1. The predicted octanol–water partition coefficient (Wildman–Crippen LogP) is 2.09. The topological polar surface area (TPSA) is 45.2 Å². The van der Waals surface area contributed by atoms with Crippen LogP contribution < -0.4 is 5.32 Å². The molecule has 1 aliphatic heterocycles. The Kier molecular flexibility index (Phi) is 3.56. The second kappa shape index (κ2) is 4.93. The van der Waals surface area contributed by atoms with Crippen LogP contribution in [0, 0.1) is 0 Å². The highest BCUT2D eigenvalue weighted by Crippen LogP contribution is 2.24. The predicted molar refractivity (Wildman–Crippen MR) is 65.5 cm³/mol. The highest BCUT2D eigenvalue weighted by atomic mass is 32.1. The quantitative estimate of drug-likeness (QED) is 0.878. The number of carbonyl (C=O) groups is 1. The van der Waals surface area contributed by atoms with Gasteiger partial charge in [0, 0.05) is 30.6 Å². The molecule has 2 rings (SSSR count). The first-order valence-corrected chi connectivity index (χ1v) is 6.43. The van der Waals surface area contributed by atoms with Gasteiger partial charge in [-0.3, -0.25) is 9.69 Å². The van der Waals surface area contributed by atoms with Crippen LogP contribution >= 0.6 is 11.3 Å². The molecule has 1 aromatic heterocycles. The van der Waals surface area contributed by atoms with E-state index in [0.717, 1.165) is 6.54 Å². The van der Waals surface area contributed by atoms with Crippen molar-refractivity contribution in [1.82, 2.24) is 9.88 Å². The van der Waals surface area contributed by atoms with Crippen molar-refractivity contribution < 1.29 is 4.79 Å². The van der Waals surface area contributed by atoms with Crippen LogP contribution in [-0.4, -0.2) is 28.4 Å². The zero-order valence-electron chi connectivity index (χ0n) is 9.69. The summed E-state index contributed by atoms with van der Waals surface area (Å²) in [4.78, 5) is 18.7. The van der Waals surface area contributed by atoms with Crippen molar-refractivity contribution in [3.05, 3.63) is 11.1 Å². The number of nitrogens with zero attached hydrogens (tertiary/aromatic N) is 2. The zero-order chi connectivity index (χ0) is 11.5. The van der Waals surface area contributed by atoms with Gasteiger partial charge in [-0.15, -0.1) is 11.3 Å². The van der Waals surface area contributed by atoms with E-state index in [1.165, 1.54) is 31.2 Å². The molecule has 0 radical (unpaired) electrons. The van der Waals surface area contributed by atoms with Crippen LogP contribution in [-0.2, 0) is 11.3 Å². The highest BCUT2D eigenvalue weighted by molar-refractivity contribution is 7.15. The maximum atomic E-state index is 10.9. The van der Waals surface area contributed by atoms with Crippen LogP contribution in [0.15, 0.2) is 6.20 Å². The van der Waals surface area contributed by atoms with E-state index in [-0.39, 0.29) is 5.91 Å². The van der Waals surface area contributed by atoms with E-state index in [1.54, 1.807) is 11.3 Å². The van der Waals surface area contributed by atoms with Crippen molar-refractivity contribution in [2.24, 2.45) is 0 Å².